The summed E-state index contributed by atoms with van der Waals surface area (Å²) in [6.07, 6.45) is 3.84. The van der Waals surface area contributed by atoms with Crippen LogP contribution in [0.3, 0.4) is 0 Å². The van der Waals surface area contributed by atoms with Crippen LogP contribution in [0.15, 0.2) is 10.7 Å². The zero-order valence-corrected chi connectivity index (χ0v) is 8.87. The molecule has 0 aliphatic heterocycles. The third-order valence-electron chi connectivity index (χ3n) is 1.24. The predicted octanol–water partition coefficient (Wildman–Crippen LogP) is 2.41. The van der Waals surface area contributed by atoms with Crippen molar-refractivity contribution >= 4 is 27.7 Å². The largest absolute Gasteiger partial charge is 0.239 e. The summed E-state index contributed by atoms with van der Waals surface area (Å²) in [5, 5.41) is 0. The molecule has 0 aliphatic carbocycles. The summed E-state index contributed by atoms with van der Waals surface area (Å²) in [5.74, 6) is 1.78. The molecule has 0 fully saturated rings. The minimum absolute atomic E-state index is 0.883. The fourth-order valence-electron chi connectivity index (χ4n) is 0.699. The highest BCUT2D eigenvalue weighted by atomic mass is 79.9. The maximum absolute atomic E-state index is 4.28. The minimum atomic E-state index is 0.883. The monoisotopic (exact) mass is 232 g/mol. The van der Waals surface area contributed by atoms with Crippen LogP contribution in [0.1, 0.15) is 11.5 Å². The van der Waals surface area contributed by atoms with Crippen molar-refractivity contribution in [3.05, 3.63) is 22.2 Å². The molecule has 0 bridgehead atoms. The number of thioether (sulfide) groups is 1. The Bertz CT molecular complexity index is 252. The maximum Gasteiger partial charge on any atom is 0.138 e. The van der Waals surface area contributed by atoms with Gasteiger partial charge in [0, 0.05) is 6.20 Å². The summed E-state index contributed by atoms with van der Waals surface area (Å²) >= 11 is 5.08. The molecule has 1 rings (SSSR count). The van der Waals surface area contributed by atoms with Crippen LogP contribution < -0.4 is 0 Å². The molecule has 2 nitrogen and oxygen atoms in total. The average molecular weight is 233 g/mol. The highest BCUT2D eigenvalue weighted by molar-refractivity contribution is 9.10. The summed E-state index contributed by atoms with van der Waals surface area (Å²) in [6, 6.07) is 0. The molecule has 0 N–H and O–H groups in total. The van der Waals surface area contributed by atoms with Gasteiger partial charge in [0.1, 0.15) is 5.82 Å². The Morgan fingerprint density at radius 1 is 1.64 bits per heavy atom. The molecule has 4 heteroatoms. The molecule has 11 heavy (non-hydrogen) atoms. The molecule has 1 heterocycles. The normalized spacial score (nSPS) is 10.1. The van der Waals surface area contributed by atoms with Crippen LogP contribution in [0.25, 0.3) is 0 Å². The Hall–Kier alpha value is -0.0900. The number of rotatable bonds is 2. The minimum Gasteiger partial charge on any atom is -0.239 e. The zero-order valence-electron chi connectivity index (χ0n) is 6.47. The fourth-order valence-corrected chi connectivity index (χ4v) is 1.29. The SMILES string of the molecule is CSCc1ncc(Br)c(C)n1. The topological polar surface area (TPSA) is 25.8 Å². The fraction of sp³-hybridized carbons (Fsp3) is 0.429. The van der Waals surface area contributed by atoms with Gasteiger partial charge in [-0.1, -0.05) is 0 Å². The number of nitrogens with zero attached hydrogens (tertiary/aromatic N) is 2. The number of aromatic nitrogens is 2. The van der Waals surface area contributed by atoms with E-state index in [-0.39, 0.29) is 0 Å². The van der Waals surface area contributed by atoms with Crippen LogP contribution in [0, 0.1) is 6.92 Å². The summed E-state index contributed by atoms with van der Waals surface area (Å²) < 4.78 is 0.974. The van der Waals surface area contributed by atoms with E-state index in [1.54, 1.807) is 18.0 Å². The second-order valence-corrected chi connectivity index (χ2v) is 3.87. The first kappa shape index (κ1) is 9.00. The Morgan fingerprint density at radius 2 is 2.36 bits per heavy atom. The van der Waals surface area contributed by atoms with Crippen LogP contribution in [-0.4, -0.2) is 16.2 Å². The second-order valence-electron chi connectivity index (χ2n) is 2.15. The van der Waals surface area contributed by atoms with E-state index < -0.39 is 0 Å². The van der Waals surface area contributed by atoms with Gasteiger partial charge in [-0.25, -0.2) is 9.97 Å². The molecule has 0 radical (unpaired) electrons. The van der Waals surface area contributed by atoms with Crippen LogP contribution in [0.5, 0.6) is 0 Å². The molecule has 60 valence electrons. The number of hydrogen-bond acceptors (Lipinski definition) is 3. The van der Waals surface area contributed by atoms with E-state index in [0.29, 0.717) is 0 Å². The van der Waals surface area contributed by atoms with E-state index >= 15 is 0 Å². The van der Waals surface area contributed by atoms with Crippen molar-refractivity contribution in [1.82, 2.24) is 9.97 Å². The molecule has 0 saturated heterocycles. The highest BCUT2D eigenvalue weighted by Gasteiger charge is 1.98. The lowest BCUT2D eigenvalue weighted by Gasteiger charge is -1.99. The Morgan fingerprint density at radius 3 is 2.91 bits per heavy atom. The third-order valence-corrected chi connectivity index (χ3v) is 2.57. The lowest BCUT2D eigenvalue weighted by atomic mass is 10.4. The summed E-state index contributed by atoms with van der Waals surface area (Å²) in [5.41, 5.74) is 1.00. The Kier molecular flexibility index (Phi) is 3.33. The van der Waals surface area contributed by atoms with Gasteiger partial charge in [0.05, 0.1) is 15.9 Å². The lowest BCUT2D eigenvalue weighted by molar-refractivity contribution is 0.985. The molecule has 1 aromatic rings. The molecule has 0 amide bonds. The van der Waals surface area contributed by atoms with E-state index in [4.69, 9.17) is 0 Å². The van der Waals surface area contributed by atoms with Gasteiger partial charge in [0.2, 0.25) is 0 Å². The first-order chi connectivity index (χ1) is 5.24. The van der Waals surface area contributed by atoms with Crippen molar-refractivity contribution in [3.63, 3.8) is 0 Å². The first-order valence-electron chi connectivity index (χ1n) is 3.21. The average Bonchev–Trinajstić information content (AvgIpc) is 1.98. The molecule has 1 aromatic heterocycles. The summed E-state index contributed by atoms with van der Waals surface area (Å²) in [7, 11) is 0. The van der Waals surface area contributed by atoms with Crippen molar-refractivity contribution in [2.24, 2.45) is 0 Å². The van der Waals surface area contributed by atoms with Gasteiger partial charge in [0.15, 0.2) is 0 Å². The summed E-state index contributed by atoms with van der Waals surface area (Å²) in [4.78, 5) is 8.43. The van der Waals surface area contributed by atoms with E-state index in [9.17, 15) is 0 Å². The first-order valence-corrected chi connectivity index (χ1v) is 5.39. The molecule has 0 spiro atoms. The van der Waals surface area contributed by atoms with Crippen LogP contribution in [0.2, 0.25) is 0 Å². The van der Waals surface area contributed by atoms with E-state index in [1.807, 2.05) is 13.2 Å². The van der Waals surface area contributed by atoms with Gasteiger partial charge in [-0.05, 0) is 29.1 Å². The summed E-state index contributed by atoms with van der Waals surface area (Å²) in [6.45, 7) is 1.97. The van der Waals surface area contributed by atoms with Crippen molar-refractivity contribution in [2.45, 2.75) is 12.7 Å². The number of aryl methyl sites for hydroxylation is 1. The molecule has 0 atom stereocenters. The maximum atomic E-state index is 4.28. The second kappa shape index (κ2) is 4.07. The van der Waals surface area contributed by atoms with E-state index in [2.05, 4.69) is 25.9 Å². The van der Waals surface area contributed by atoms with Crippen LogP contribution in [0.4, 0.5) is 0 Å². The van der Waals surface area contributed by atoms with Crippen molar-refractivity contribution in [3.8, 4) is 0 Å². The zero-order chi connectivity index (χ0) is 8.27. The van der Waals surface area contributed by atoms with Crippen molar-refractivity contribution in [1.29, 1.82) is 0 Å². The van der Waals surface area contributed by atoms with E-state index in [1.165, 1.54) is 0 Å². The third kappa shape index (κ3) is 2.45. The van der Waals surface area contributed by atoms with Gasteiger partial charge in [-0.2, -0.15) is 11.8 Å². The molecular formula is C7H9BrN2S. The quantitative estimate of drug-likeness (QED) is 0.784. The van der Waals surface area contributed by atoms with Crippen LogP contribution in [-0.2, 0) is 5.75 Å². The molecule has 0 aliphatic rings. The Balaban J connectivity index is 2.86. The molecule has 0 unspecified atom stereocenters. The van der Waals surface area contributed by atoms with E-state index in [0.717, 1.165) is 21.7 Å². The number of hydrogen-bond donors (Lipinski definition) is 0. The molecule has 0 saturated carbocycles. The number of halogens is 1. The van der Waals surface area contributed by atoms with Gasteiger partial charge in [0.25, 0.3) is 0 Å². The predicted molar refractivity (Wildman–Crippen MR) is 51.7 cm³/mol. The standard InChI is InChI=1S/C7H9BrN2S/c1-5-6(8)3-9-7(10-5)4-11-2/h3H,4H2,1-2H3. The molecular weight excluding hydrogens is 224 g/mol. The smallest absolute Gasteiger partial charge is 0.138 e. The van der Waals surface area contributed by atoms with Gasteiger partial charge >= 0.3 is 0 Å². The highest BCUT2D eigenvalue weighted by Crippen LogP contribution is 2.13. The van der Waals surface area contributed by atoms with Crippen LogP contribution >= 0.6 is 27.7 Å². The van der Waals surface area contributed by atoms with Gasteiger partial charge < -0.3 is 0 Å². The molecule has 0 aromatic carbocycles. The van der Waals surface area contributed by atoms with Gasteiger partial charge in [-0.3, -0.25) is 0 Å². The lowest BCUT2D eigenvalue weighted by Crippen LogP contribution is -1.94. The van der Waals surface area contributed by atoms with Gasteiger partial charge in [-0.15, -0.1) is 0 Å². The van der Waals surface area contributed by atoms with Crippen molar-refractivity contribution < 1.29 is 0 Å². The Labute approximate surface area is 79.0 Å². The van der Waals surface area contributed by atoms with Crippen molar-refractivity contribution in [2.75, 3.05) is 6.26 Å².